The fraction of sp³-hybridized carbons (Fsp3) is 0.292. The van der Waals surface area contributed by atoms with Gasteiger partial charge in [0.1, 0.15) is 5.82 Å². The minimum Gasteiger partial charge on any atom is -0.273 e. The molecule has 3 aromatic rings. The van der Waals surface area contributed by atoms with Gasteiger partial charge in [-0.2, -0.15) is 15.5 Å². The number of nitrogens with zero attached hydrogens (tertiary/aromatic N) is 6. The smallest absolute Gasteiger partial charge is 0.243 e. The molecule has 0 bridgehead atoms. The maximum absolute atomic E-state index is 13.5. The lowest BCUT2D eigenvalue weighted by Crippen LogP contribution is -2.27. The van der Waals surface area contributed by atoms with Crippen molar-refractivity contribution in [3.8, 4) is 6.07 Å². The Labute approximate surface area is 186 Å². The molecule has 1 atom stereocenters. The Morgan fingerprint density at radius 2 is 2.06 bits per heavy atom. The summed E-state index contributed by atoms with van der Waals surface area (Å²) in [4.78, 5) is 16.6. The third-order valence-electron chi connectivity index (χ3n) is 5.03. The minimum atomic E-state index is -0.437. The van der Waals surface area contributed by atoms with Crippen molar-refractivity contribution in [1.29, 1.82) is 5.26 Å². The summed E-state index contributed by atoms with van der Waals surface area (Å²) in [6.07, 6.45) is 7.32. The normalized spacial score (nSPS) is 14.7. The summed E-state index contributed by atoms with van der Waals surface area (Å²) in [5.74, 6) is -0.586. The van der Waals surface area contributed by atoms with Gasteiger partial charge >= 0.3 is 0 Å². The van der Waals surface area contributed by atoms with E-state index < -0.39 is 5.82 Å². The first kappa shape index (κ1) is 22.8. The fourth-order valence-corrected chi connectivity index (χ4v) is 3.51. The molecule has 3 heterocycles. The van der Waals surface area contributed by atoms with Crippen molar-refractivity contribution in [3.63, 3.8) is 0 Å². The van der Waals surface area contributed by atoms with Crippen LogP contribution < -0.4 is 0 Å². The van der Waals surface area contributed by atoms with E-state index in [0.717, 1.165) is 22.7 Å². The molecule has 1 aromatic carbocycles. The number of allylic oxidation sites excluding steroid dienone is 1. The molecule has 164 valence electrons. The second-order valence-corrected chi connectivity index (χ2v) is 7.16. The highest BCUT2D eigenvalue weighted by Gasteiger charge is 2.28. The lowest BCUT2D eigenvalue weighted by molar-refractivity contribution is -0.133. The predicted molar refractivity (Wildman–Crippen MR) is 121 cm³/mol. The number of halogens is 1. The van der Waals surface area contributed by atoms with E-state index >= 15 is 0 Å². The van der Waals surface area contributed by atoms with Gasteiger partial charge in [-0.25, -0.2) is 9.40 Å². The van der Waals surface area contributed by atoms with Crippen LogP contribution in [0.15, 0.2) is 60.1 Å². The number of carbonyl (C=O) groups is 1. The van der Waals surface area contributed by atoms with Crippen LogP contribution in [0.3, 0.4) is 0 Å². The topological polar surface area (TPSA) is 87.2 Å². The fourth-order valence-electron chi connectivity index (χ4n) is 3.51. The Kier molecular flexibility index (Phi) is 7.45. The second kappa shape index (κ2) is 10.4. The van der Waals surface area contributed by atoms with Crippen molar-refractivity contribution in [1.82, 2.24) is 19.8 Å². The third kappa shape index (κ3) is 5.06. The van der Waals surface area contributed by atoms with Gasteiger partial charge in [-0.3, -0.25) is 14.5 Å². The zero-order valence-electron chi connectivity index (χ0n) is 18.2. The van der Waals surface area contributed by atoms with Gasteiger partial charge < -0.3 is 0 Å². The zero-order valence-corrected chi connectivity index (χ0v) is 18.2. The largest absolute Gasteiger partial charge is 0.273 e. The maximum Gasteiger partial charge on any atom is 0.243 e. The summed E-state index contributed by atoms with van der Waals surface area (Å²) in [5.41, 5.74) is 2.97. The molecule has 32 heavy (non-hydrogen) atoms. The van der Waals surface area contributed by atoms with Gasteiger partial charge in [0, 0.05) is 30.6 Å². The number of fused-ring (bicyclic) bond motifs is 1. The molecule has 4 rings (SSSR count). The van der Waals surface area contributed by atoms with Crippen molar-refractivity contribution in [2.45, 2.75) is 45.7 Å². The Morgan fingerprint density at radius 3 is 2.81 bits per heavy atom. The molecule has 0 saturated heterocycles. The molecule has 1 amide bonds. The monoisotopic (exact) mass is 432 g/mol. The van der Waals surface area contributed by atoms with E-state index in [9.17, 15) is 9.18 Å². The average Bonchev–Trinajstić information content (AvgIpc) is 3.46. The van der Waals surface area contributed by atoms with Crippen molar-refractivity contribution in [2.24, 2.45) is 5.10 Å². The van der Waals surface area contributed by atoms with E-state index in [1.165, 1.54) is 11.1 Å². The van der Waals surface area contributed by atoms with E-state index in [1.54, 1.807) is 35.4 Å². The van der Waals surface area contributed by atoms with Crippen molar-refractivity contribution in [3.05, 3.63) is 72.0 Å². The third-order valence-corrected chi connectivity index (χ3v) is 5.03. The molecule has 0 radical (unpaired) electrons. The lowest BCUT2D eigenvalue weighted by atomic mass is 10.1. The molecule has 0 aliphatic carbocycles. The summed E-state index contributed by atoms with van der Waals surface area (Å²) in [6, 6.07) is 8.56. The first-order valence-corrected chi connectivity index (χ1v) is 10.5. The molecule has 1 aliphatic rings. The van der Waals surface area contributed by atoms with Crippen LogP contribution in [0, 0.1) is 17.1 Å². The lowest BCUT2D eigenvalue weighted by Gasteiger charge is -2.22. The number of pyridine rings is 1. The number of amides is 1. The second-order valence-electron chi connectivity index (χ2n) is 7.16. The molecule has 8 heteroatoms. The number of rotatable bonds is 6. The minimum absolute atomic E-state index is 0.150. The number of hydrazone groups is 1. The molecular weight excluding hydrogens is 407 g/mol. The van der Waals surface area contributed by atoms with Gasteiger partial charge in [-0.15, -0.1) is 0 Å². The van der Waals surface area contributed by atoms with Crippen LogP contribution in [0.5, 0.6) is 0 Å². The first-order valence-electron chi connectivity index (χ1n) is 10.5. The summed E-state index contributed by atoms with van der Waals surface area (Å²) < 4.78 is 15.3. The summed E-state index contributed by atoms with van der Waals surface area (Å²) in [7, 11) is 0. The highest BCUT2D eigenvalue weighted by Crippen LogP contribution is 2.29. The average molecular weight is 433 g/mol. The van der Waals surface area contributed by atoms with Crippen molar-refractivity contribution in [2.75, 3.05) is 0 Å². The summed E-state index contributed by atoms with van der Waals surface area (Å²) in [5, 5.41) is 19.8. The molecule has 2 aromatic heterocycles. The van der Waals surface area contributed by atoms with Crippen LogP contribution in [0.2, 0.25) is 0 Å². The van der Waals surface area contributed by atoms with Gasteiger partial charge in [0.25, 0.3) is 0 Å². The van der Waals surface area contributed by atoms with Crippen LogP contribution in [-0.4, -0.2) is 31.9 Å². The number of carbonyl (C=O) groups excluding carboxylic acids is 1. The molecule has 1 unspecified atom stereocenters. The quantitative estimate of drug-likeness (QED) is 0.525. The Hall–Kier alpha value is -3.86. The van der Waals surface area contributed by atoms with E-state index in [4.69, 9.17) is 5.26 Å². The number of hydrogen-bond donors (Lipinski definition) is 0. The molecule has 0 saturated carbocycles. The van der Waals surface area contributed by atoms with Gasteiger partial charge in [0.2, 0.25) is 5.91 Å². The van der Waals surface area contributed by atoms with E-state index in [-0.39, 0.29) is 18.4 Å². The first-order chi connectivity index (χ1) is 15.5. The van der Waals surface area contributed by atoms with Crippen LogP contribution >= 0.6 is 0 Å². The summed E-state index contributed by atoms with van der Waals surface area (Å²) in [6.45, 7) is 8.55. The molecular formula is C24H25FN6O. The van der Waals surface area contributed by atoms with Crippen LogP contribution in [0.1, 0.15) is 50.3 Å². The Morgan fingerprint density at radius 1 is 1.25 bits per heavy atom. The number of hydrogen-bond acceptors (Lipinski definition) is 5. The van der Waals surface area contributed by atoms with E-state index in [2.05, 4.69) is 27.8 Å². The van der Waals surface area contributed by atoms with Gasteiger partial charge in [0.05, 0.1) is 42.1 Å². The SMILES string of the molecule is C=C(CCC(=O)N1N=CCC1c1cncc(F)c1)Cn1ncc2cc(C#N)ccc21.CC. The Balaban J connectivity index is 0.00000141. The highest BCUT2D eigenvalue weighted by atomic mass is 19.1. The maximum atomic E-state index is 13.5. The zero-order chi connectivity index (χ0) is 23.1. The molecule has 7 nitrogen and oxygen atoms in total. The van der Waals surface area contributed by atoms with Gasteiger partial charge in [-0.1, -0.05) is 26.0 Å². The van der Waals surface area contributed by atoms with Crippen molar-refractivity contribution < 1.29 is 9.18 Å². The molecule has 0 fully saturated rings. The molecule has 0 N–H and O–H groups in total. The van der Waals surface area contributed by atoms with E-state index in [1.807, 2.05) is 19.9 Å². The Bertz CT molecular complexity index is 1190. The number of benzene rings is 1. The number of nitriles is 1. The molecule has 0 spiro atoms. The standard InChI is InChI=1S/C22H19FN6O.C2H6/c1-15(14-28-20-4-3-16(10-24)8-17(20)12-27-28)2-5-22(30)29-21(6-7-26-29)18-9-19(23)13-25-11-18;1-2/h3-4,7-9,11-13,21H,1-2,5-6,14H2;1-2H3. The van der Waals surface area contributed by atoms with Crippen LogP contribution in [0.4, 0.5) is 4.39 Å². The van der Waals surface area contributed by atoms with Crippen molar-refractivity contribution >= 4 is 23.0 Å². The number of aromatic nitrogens is 3. The predicted octanol–water partition coefficient (Wildman–Crippen LogP) is 4.76. The van der Waals surface area contributed by atoms with Gasteiger partial charge in [-0.05, 0) is 36.2 Å². The van der Waals surface area contributed by atoms with Crippen LogP contribution in [0.25, 0.3) is 10.9 Å². The van der Waals surface area contributed by atoms with E-state index in [0.29, 0.717) is 30.5 Å². The van der Waals surface area contributed by atoms with Gasteiger partial charge in [0.15, 0.2) is 0 Å². The molecule has 1 aliphatic heterocycles. The van der Waals surface area contributed by atoms with Crippen LogP contribution in [-0.2, 0) is 11.3 Å². The summed E-state index contributed by atoms with van der Waals surface area (Å²) >= 11 is 0. The highest BCUT2D eigenvalue weighted by molar-refractivity contribution is 5.81.